The molecule has 5 heterocycles. The minimum atomic E-state index is -0.495. The Morgan fingerprint density at radius 3 is 1.19 bits per heavy atom. The number of aromatic amines is 2. The van der Waals surface area contributed by atoms with Crippen molar-refractivity contribution in [2.45, 2.75) is 20.0 Å². The third-order valence-electron chi connectivity index (χ3n) is 11.7. The molecule has 0 unspecified atom stereocenters. The summed E-state index contributed by atoms with van der Waals surface area (Å²) in [7, 11) is 0. The largest absolute Gasteiger partial charge is 0.492 e. The van der Waals surface area contributed by atoms with E-state index in [0.717, 1.165) is 27.3 Å². The summed E-state index contributed by atoms with van der Waals surface area (Å²) in [4.78, 5) is 38.0. The van der Waals surface area contributed by atoms with E-state index >= 15 is 0 Å². The molecule has 21 heteroatoms. The summed E-state index contributed by atoms with van der Waals surface area (Å²) in [6.07, 6.45) is -0.495. The van der Waals surface area contributed by atoms with E-state index < -0.39 is 6.10 Å². The Bertz CT molecular complexity index is 3140. The van der Waals surface area contributed by atoms with Crippen LogP contribution in [0.4, 0.5) is 0 Å². The minimum Gasteiger partial charge on any atom is -0.492 e. The summed E-state index contributed by atoms with van der Waals surface area (Å²) in [6, 6.07) is 22.8. The maximum Gasteiger partial charge on any atom is 0.164 e. The fourth-order valence-electron chi connectivity index (χ4n) is 8.29. The van der Waals surface area contributed by atoms with Crippen LogP contribution in [-0.2, 0) is 28.4 Å². The zero-order valence-electron chi connectivity index (χ0n) is 41.7. The van der Waals surface area contributed by atoms with Gasteiger partial charge in [-0.05, 0) is 86.6 Å². The highest BCUT2D eigenvalue weighted by Gasteiger charge is 2.24. The van der Waals surface area contributed by atoms with Crippen molar-refractivity contribution in [1.82, 2.24) is 39.9 Å². The van der Waals surface area contributed by atoms with Crippen LogP contribution in [0.3, 0.4) is 0 Å². The van der Waals surface area contributed by atoms with Gasteiger partial charge in [-0.15, -0.1) is 0 Å². The number of ether oxygens (including phenoxy) is 10. The van der Waals surface area contributed by atoms with E-state index in [4.69, 9.17) is 94.5 Å². The Labute approximate surface area is 427 Å². The van der Waals surface area contributed by atoms with Gasteiger partial charge in [0, 0.05) is 76.6 Å². The van der Waals surface area contributed by atoms with Gasteiger partial charge in [-0.25, -0.2) is 29.9 Å². The second kappa shape index (κ2) is 25.8. The van der Waals surface area contributed by atoms with Crippen LogP contribution in [-0.4, -0.2) is 165 Å². The highest BCUT2D eigenvalue weighted by atomic mass is 16.6. The van der Waals surface area contributed by atoms with Crippen molar-refractivity contribution in [2.75, 3.05) is 119 Å². The average molecular weight is 1010 g/mol. The molecule has 2 aliphatic heterocycles. The van der Waals surface area contributed by atoms with Crippen LogP contribution in [0.1, 0.15) is 13.8 Å². The summed E-state index contributed by atoms with van der Waals surface area (Å²) < 4.78 is 58.8. The first kappa shape index (κ1) is 52.0. The maximum atomic E-state index is 6.65. The van der Waals surface area contributed by atoms with Crippen LogP contribution in [0.15, 0.2) is 72.8 Å². The summed E-state index contributed by atoms with van der Waals surface area (Å²) in [5, 5.41) is 2.96. The summed E-state index contributed by atoms with van der Waals surface area (Å²) in [6.45, 7) is 11.2. The van der Waals surface area contributed by atoms with Crippen LogP contribution >= 0.6 is 0 Å². The number of nitrogens with two attached hydrogens (primary N) is 3. The molecule has 0 saturated heterocycles. The Kier molecular flexibility index (Phi) is 18.1. The molecule has 3 aromatic heterocycles. The number of rotatable bonds is 29. The Balaban J connectivity index is 1.18. The first-order chi connectivity index (χ1) is 36.5. The van der Waals surface area contributed by atoms with Crippen molar-refractivity contribution in [3.63, 3.8) is 0 Å². The van der Waals surface area contributed by atoms with Crippen molar-refractivity contribution >= 4 is 44.1 Å². The molecule has 8 N–H and O–H groups in total. The topological polar surface area (TPSA) is 279 Å². The van der Waals surface area contributed by atoms with Gasteiger partial charge in [-0.1, -0.05) is 0 Å². The van der Waals surface area contributed by atoms with Gasteiger partial charge in [0.1, 0.15) is 71.5 Å². The van der Waals surface area contributed by atoms with E-state index in [1.54, 1.807) is 0 Å². The zero-order valence-corrected chi connectivity index (χ0v) is 41.7. The number of aromatic nitrogens is 8. The molecule has 74 heavy (non-hydrogen) atoms. The second-order valence-electron chi connectivity index (χ2n) is 16.9. The van der Waals surface area contributed by atoms with Crippen molar-refractivity contribution in [3.8, 4) is 68.5 Å². The van der Waals surface area contributed by atoms with Crippen molar-refractivity contribution in [3.05, 3.63) is 72.8 Å². The fraction of sp³-hybridized carbons (Fsp3) is 0.396. The third kappa shape index (κ3) is 12.7. The maximum absolute atomic E-state index is 6.65. The lowest BCUT2D eigenvalue weighted by atomic mass is 10.1. The average Bonchev–Trinajstić information content (AvgIpc) is 4.15. The fourth-order valence-corrected chi connectivity index (χ4v) is 8.29. The van der Waals surface area contributed by atoms with Crippen LogP contribution in [0.25, 0.3) is 89.7 Å². The number of fused-ring (bicyclic) bond motifs is 20. The van der Waals surface area contributed by atoms with Gasteiger partial charge >= 0.3 is 0 Å². The molecule has 0 spiro atoms. The summed E-state index contributed by atoms with van der Waals surface area (Å²) in [5.74, 6) is 4.01. The highest BCUT2D eigenvalue weighted by Crippen LogP contribution is 2.40. The van der Waals surface area contributed by atoms with E-state index in [1.165, 1.54) is 0 Å². The molecular weight excluding hydrogens is 951 g/mol. The molecule has 390 valence electrons. The van der Waals surface area contributed by atoms with E-state index in [0.29, 0.717) is 191 Å². The van der Waals surface area contributed by atoms with Crippen molar-refractivity contribution in [2.24, 2.45) is 17.2 Å². The number of benzene rings is 4. The first-order valence-corrected chi connectivity index (χ1v) is 25.0. The van der Waals surface area contributed by atoms with Gasteiger partial charge in [0.2, 0.25) is 0 Å². The Morgan fingerprint density at radius 1 is 0.378 bits per heavy atom. The molecule has 0 radical (unpaired) electrons. The number of H-pyrrole nitrogens is 2. The molecule has 0 aliphatic carbocycles. The van der Waals surface area contributed by atoms with E-state index in [-0.39, 0.29) is 13.2 Å². The quantitative estimate of drug-likeness (QED) is 0.0348. The predicted octanol–water partition coefficient (Wildman–Crippen LogP) is 5.77. The molecule has 7 aromatic rings. The lowest BCUT2D eigenvalue weighted by Crippen LogP contribution is -2.30. The predicted molar refractivity (Wildman–Crippen MR) is 280 cm³/mol. The molecule has 4 aromatic carbocycles. The van der Waals surface area contributed by atoms with Gasteiger partial charge in [-0.3, -0.25) is 0 Å². The minimum absolute atomic E-state index is 0.233. The smallest absolute Gasteiger partial charge is 0.164 e. The third-order valence-corrected chi connectivity index (χ3v) is 11.7. The van der Waals surface area contributed by atoms with Gasteiger partial charge < -0.3 is 74.5 Å². The molecule has 9 rings (SSSR count). The molecule has 21 nitrogen and oxygen atoms in total. The first-order valence-electron chi connectivity index (χ1n) is 25.0. The van der Waals surface area contributed by atoms with Crippen LogP contribution < -0.4 is 36.1 Å². The zero-order chi connectivity index (χ0) is 51.1. The van der Waals surface area contributed by atoms with Gasteiger partial charge in [-0.2, -0.15) is 0 Å². The van der Waals surface area contributed by atoms with Crippen LogP contribution in [0.2, 0.25) is 0 Å². The molecular formula is C53H63N11O10. The molecule has 8 bridgehead atoms. The second-order valence-corrected chi connectivity index (χ2v) is 16.9. The van der Waals surface area contributed by atoms with Gasteiger partial charge in [0.15, 0.2) is 23.3 Å². The Hall–Kier alpha value is -6.92. The highest BCUT2D eigenvalue weighted by molar-refractivity contribution is 6.07. The van der Waals surface area contributed by atoms with E-state index in [9.17, 15) is 0 Å². The summed E-state index contributed by atoms with van der Waals surface area (Å²) >= 11 is 0. The number of hydrogen-bond donors (Lipinski definition) is 5. The lowest BCUT2D eigenvalue weighted by molar-refractivity contribution is -0.0384. The monoisotopic (exact) mass is 1010 g/mol. The van der Waals surface area contributed by atoms with Gasteiger partial charge in [0.25, 0.3) is 0 Å². The standard InChI is InChI=1S/C53H63N11O10/c1-3-65-19-21-67-23-25-69-31-37(32-70-26-24-68-22-20-66-4-2)74-36-8-12-41-45(30-36)53-63-48-40-11-7-35(73-18-15-56)29-44(40)51(61-48)59-46-38-9-5-33(71-16-13-54)27-42(38)50(57-46)58-47-39-10-6-34(72-17-14-55)28-43(39)52(60-47)62-49(41)64-53/h5-12,27-30,37H,3-4,13-26,31-32,54-56H2,1-2H3,(H2,57,58,59,60,61,62,63,64). The SMILES string of the molecule is CCOCCOCCOCC(COCCOCCOCC)Oc1ccc2c3nc4nc(nc5[nH]c(nc6nc(nc([nH]3)c2c1)-c1ccc(OCCN)cc1-6)c1ccc(OCCN)cc51)-c1ccc(OCCN)cc1-4. The summed E-state index contributed by atoms with van der Waals surface area (Å²) in [5.41, 5.74) is 22.3. The van der Waals surface area contributed by atoms with E-state index in [2.05, 4.69) is 9.97 Å². The molecule has 0 fully saturated rings. The van der Waals surface area contributed by atoms with E-state index in [1.807, 2.05) is 86.6 Å². The normalized spacial score (nSPS) is 11.9. The number of nitrogens with one attached hydrogen (secondary N) is 2. The Morgan fingerprint density at radius 2 is 0.743 bits per heavy atom. The molecule has 2 aliphatic rings. The number of nitrogens with zero attached hydrogens (tertiary/aromatic N) is 6. The van der Waals surface area contributed by atoms with Crippen LogP contribution in [0.5, 0.6) is 23.0 Å². The molecule has 0 saturated carbocycles. The number of hydrogen-bond acceptors (Lipinski definition) is 19. The van der Waals surface area contributed by atoms with Crippen molar-refractivity contribution in [1.29, 1.82) is 0 Å². The molecule has 0 atom stereocenters. The van der Waals surface area contributed by atoms with Crippen LogP contribution in [0, 0.1) is 0 Å². The lowest BCUT2D eigenvalue weighted by Gasteiger charge is -2.20. The van der Waals surface area contributed by atoms with Gasteiger partial charge in [0.05, 0.1) is 66.1 Å². The molecule has 0 amide bonds. The van der Waals surface area contributed by atoms with Crippen molar-refractivity contribution < 1.29 is 47.4 Å².